The maximum atomic E-state index is 5.95. The highest BCUT2D eigenvalue weighted by molar-refractivity contribution is 5.52. The Morgan fingerprint density at radius 2 is 2.06 bits per heavy atom. The number of hydrogen-bond acceptors (Lipinski definition) is 3. The van der Waals surface area contributed by atoms with Crippen molar-refractivity contribution in [3.8, 4) is 5.75 Å². The van der Waals surface area contributed by atoms with Gasteiger partial charge in [0.25, 0.3) is 0 Å². The van der Waals surface area contributed by atoms with E-state index in [1.807, 2.05) is 0 Å². The van der Waals surface area contributed by atoms with Crippen LogP contribution in [0.25, 0.3) is 0 Å². The zero-order valence-corrected chi connectivity index (χ0v) is 11.2. The van der Waals surface area contributed by atoms with E-state index in [0.29, 0.717) is 5.92 Å². The molecule has 0 fully saturated rings. The Morgan fingerprint density at radius 3 is 2.65 bits per heavy atom. The van der Waals surface area contributed by atoms with Crippen LogP contribution in [0.3, 0.4) is 0 Å². The lowest BCUT2D eigenvalue weighted by Crippen LogP contribution is -2.28. The summed E-state index contributed by atoms with van der Waals surface area (Å²) in [5.74, 6) is 1.51. The van der Waals surface area contributed by atoms with Crippen LogP contribution in [-0.4, -0.2) is 13.2 Å². The Morgan fingerprint density at radius 1 is 1.35 bits per heavy atom. The summed E-state index contributed by atoms with van der Waals surface area (Å²) in [7, 11) is 1.65. The monoisotopic (exact) mass is 235 g/mol. The summed E-state index contributed by atoms with van der Waals surface area (Å²) in [5.41, 5.74) is 6.84. The Kier molecular flexibility index (Phi) is 3.40. The van der Waals surface area contributed by atoms with Crippen LogP contribution in [0.4, 0.5) is 0 Å². The maximum absolute atomic E-state index is 5.95. The van der Waals surface area contributed by atoms with Crippen molar-refractivity contribution >= 4 is 0 Å². The van der Waals surface area contributed by atoms with E-state index in [1.165, 1.54) is 16.7 Å². The van der Waals surface area contributed by atoms with Crippen LogP contribution in [0, 0.1) is 6.92 Å². The molecule has 94 valence electrons. The van der Waals surface area contributed by atoms with Gasteiger partial charge >= 0.3 is 0 Å². The fraction of sp³-hybridized carbons (Fsp3) is 0.571. The fourth-order valence-electron chi connectivity index (χ4n) is 2.47. The first-order valence-corrected chi connectivity index (χ1v) is 6.14. The van der Waals surface area contributed by atoms with Gasteiger partial charge in [0.05, 0.1) is 13.2 Å². The number of ether oxygens (including phenoxy) is 1. The van der Waals surface area contributed by atoms with Crippen molar-refractivity contribution in [3.63, 3.8) is 0 Å². The van der Waals surface area contributed by atoms with E-state index >= 15 is 0 Å². The van der Waals surface area contributed by atoms with E-state index in [9.17, 15) is 0 Å². The van der Waals surface area contributed by atoms with Crippen LogP contribution < -0.4 is 10.2 Å². The summed E-state index contributed by atoms with van der Waals surface area (Å²) in [6.07, 6.45) is 0.101. The first-order valence-electron chi connectivity index (χ1n) is 6.14. The molecule has 1 aliphatic rings. The third-order valence-electron chi connectivity index (χ3n) is 3.38. The van der Waals surface area contributed by atoms with E-state index in [-0.39, 0.29) is 12.1 Å². The second kappa shape index (κ2) is 4.67. The first kappa shape index (κ1) is 12.4. The van der Waals surface area contributed by atoms with Gasteiger partial charge in [-0.3, -0.25) is 0 Å². The van der Waals surface area contributed by atoms with Gasteiger partial charge in [0, 0.05) is 5.56 Å². The highest BCUT2D eigenvalue weighted by atomic mass is 16.6. The maximum Gasteiger partial charge on any atom is 0.128 e. The van der Waals surface area contributed by atoms with Crippen molar-refractivity contribution in [2.45, 2.75) is 45.8 Å². The molecule has 1 aliphatic heterocycles. The van der Waals surface area contributed by atoms with Crippen LogP contribution in [0.15, 0.2) is 12.1 Å². The molecule has 1 aromatic rings. The Balaban J connectivity index is 2.52. The van der Waals surface area contributed by atoms with Crippen molar-refractivity contribution in [2.75, 3.05) is 7.11 Å². The number of fused-ring (bicyclic) bond motifs is 1. The van der Waals surface area contributed by atoms with Crippen LogP contribution in [0.2, 0.25) is 0 Å². The summed E-state index contributed by atoms with van der Waals surface area (Å²) in [6, 6.07) is 4.45. The average molecular weight is 235 g/mol. The zero-order chi connectivity index (χ0) is 12.6. The molecule has 0 saturated carbocycles. The summed E-state index contributed by atoms with van der Waals surface area (Å²) in [5, 5.41) is 0. The second-order valence-electron chi connectivity index (χ2n) is 4.99. The van der Waals surface area contributed by atoms with E-state index in [4.69, 9.17) is 9.57 Å². The molecule has 1 N–H and O–H groups in total. The minimum atomic E-state index is 0.101. The lowest BCUT2D eigenvalue weighted by molar-refractivity contribution is 0.0336. The van der Waals surface area contributed by atoms with Gasteiger partial charge in [-0.1, -0.05) is 26.0 Å². The largest absolute Gasteiger partial charge is 0.488 e. The van der Waals surface area contributed by atoms with E-state index in [0.717, 1.165) is 5.75 Å². The summed E-state index contributed by atoms with van der Waals surface area (Å²) < 4.78 is 5.95. The van der Waals surface area contributed by atoms with Gasteiger partial charge in [-0.2, -0.15) is 5.48 Å². The van der Waals surface area contributed by atoms with E-state index in [1.54, 1.807) is 7.11 Å². The SMILES string of the molecule is CONC1c2c(C(C)C)ccc(C)c2OC1C. The summed E-state index contributed by atoms with van der Waals surface area (Å²) >= 11 is 0. The van der Waals surface area contributed by atoms with Crippen LogP contribution in [0.5, 0.6) is 5.75 Å². The van der Waals surface area contributed by atoms with Gasteiger partial charge in [-0.25, -0.2) is 0 Å². The molecule has 1 heterocycles. The topological polar surface area (TPSA) is 30.5 Å². The molecule has 2 unspecified atom stereocenters. The van der Waals surface area contributed by atoms with Crippen LogP contribution in [0.1, 0.15) is 49.4 Å². The molecule has 0 bridgehead atoms. The average Bonchev–Trinajstić information content (AvgIpc) is 2.58. The van der Waals surface area contributed by atoms with Crippen molar-refractivity contribution in [1.82, 2.24) is 5.48 Å². The molecule has 0 spiro atoms. The van der Waals surface area contributed by atoms with Crippen molar-refractivity contribution in [3.05, 3.63) is 28.8 Å². The number of hydroxylamine groups is 1. The minimum absolute atomic E-state index is 0.101. The summed E-state index contributed by atoms with van der Waals surface area (Å²) in [6.45, 7) is 8.57. The number of benzene rings is 1. The highest BCUT2D eigenvalue weighted by Gasteiger charge is 2.35. The normalized spacial score (nSPS) is 22.7. The van der Waals surface area contributed by atoms with Gasteiger partial charge in [0.15, 0.2) is 0 Å². The Bertz CT molecular complexity index is 415. The molecule has 0 radical (unpaired) electrons. The molecule has 2 atom stereocenters. The minimum Gasteiger partial charge on any atom is -0.488 e. The van der Waals surface area contributed by atoms with Gasteiger partial charge in [-0.05, 0) is 30.9 Å². The predicted molar refractivity (Wildman–Crippen MR) is 68.2 cm³/mol. The van der Waals surface area contributed by atoms with Gasteiger partial charge < -0.3 is 9.57 Å². The van der Waals surface area contributed by atoms with Gasteiger partial charge in [-0.15, -0.1) is 0 Å². The Hall–Kier alpha value is -1.06. The molecule has 3 nitrogen and oxygen atoms in total. The second-order valence-corrected chi connectivity index (χ2v) is 4.99. The molecule has 1 aromatic carbocycles. The van der Waals surface area contributed by atoms with Crippen LogP contribution >= 0.6 is 0 Å². The third-order valence-corrected chi connectivity index (χ3v) is 3.38. The smallest absolute Gasteiger partial charge is 0.128 e. The Labute approximate surface area is 103 Å². The molecular weight excluding hydrogens is 214 g/mol. The molecule has 2 rings (SSSR count). The van der Waals surface area contributed by atoms with E-state index in [2.05, 4.69) is 45.3 Å². The highest BCUT2D eigenvalue weighted by Crippen LogP contribution is 2.43. The van der Waals surface area contributed by atoms with Crippen LogP contribution in [-0.2, 0) is 4.84 Å². The molecule has 0 amide bonds. The van der Waals surface area contributed by atoms with Crippen molar-refractivity contribution in [1.29, 1.82) is 0 Å². The van der Waals surface area contributed by atoms with Gasteiger partial charge in [0.1, 0.15) is 11.9 Å². The van der Waals surface area contributed by atoms with Gasteiger partial charge in [0.2, 0.25) is 0 Å². The number of rotatable bonds is 3. The lowest BCUT2D eigenvalue weighted by Gasteiger charge is -2.18. The first-order chi connectivity index (χ1) is 8.06. The fourth-order valence-corrected chi connectivity index (χ4v) is 2.47. The molecule has 3 heteroatoms. The third kappa shape index (κ3) is 2.05. The molecule has 17 heavy (non-hydrogen) atoms. The molecular formula is C14H21NO2. The van der Waals surface area contributed by atoms with E-state index < -0.39 is 0 Å². The van der Waals surface area contributed by atoms with Crippen molar-refractivity contribution < 1.29 is 9.57 Å². The quantitative estimate of drug-likeness (QED) is 0.817. The number of nitrogens with one attached hydrogen (secondary N) is 1. The predicted octanol–water partition coefficient (Wildman–Crippen LogP) is 3.09. The standard InChI is InChI=1S/C14H21NO2/c1-8(2)11-7-6-9(3)14-12(11)13(15-16-5)10(4)17-14/h6-8,10,13,15H,1-5H3. The number of aryl methyl sites for hydroxylation is 1. The van der Waals surface area contributed by atoms with Crippen molar-refractivity contribution in [2.24, 2.45) is 0 Å². The lowest BCUT2D eigenvalue weighted by atomic mass is 9.90. The number of hydrogen-bond donors (Lipinski definition) is 1. The summed E-state index contributed by atoms with van der Waals surface area (Å²) in [4.78, 5) is 5.10. The molecule has 0 aliphatic carbocycles. The zero-order valence-electron chi connectivity index (χ0n) is 11.2. The molecule has 0 aromatic heterocycles. The molecule has 0 saturated heterocycles.